The first-order valence-corrected chi connectivity index (χ1v) is 6.79. The van der Waals surface area contributed by atoms with E-state index in [1.807, 2.05) is 30.3 Å². The number of carboxylic acid groups (broad SMARTS) is 1. The molecule has 0 bridgehead atoms. The molecule has 0 radical (unpaired) electrons. The van der Waals surface area contributed by atoms with Gasteiger partial charge in [0, 0.05) is 12.2 Å². The Labute approximate surface area is 127 Å². The molecule has 0 aromatic heterocycles. The highest BCUT2D eigenvalue weighted by atomic mass is 35.5. The molecule has 0 aliphatic heterocycles. The summed E-state index contributed by atoms with van der Waals surface area (Å²) in [4.78, 5) is 10.8. The molecule has 2 rings (SSSR count). The fourth-order valence-electron chi connectivity index (χ4n) is 1.87. The summed E-state index contributed by atoms with van der Waals surface area (Å²) < 4.78 is 0. The Bertz CT molecular complexity index is 629. The molecule has 0 aliphatic carbocycles. The van der Waals surface area contributed by atoms with Gasteiger partial charge in [0.1, 0.15) is 0 Å². The van der Waals surface area contributed by atoms with Crippen LogP contribution in [0.25, 0.3) is 0 Å². The van der Waals surface area contributed by atoms with E-state index in [4.69, 9.17) is 28.3 Å². The van der Waals surface area contributed by atoms with Gasteiger partial charge in [-0.05, 0) is 29.3 Å². The van der Waals surface area contributed by atoms with Crippen LogP contribution in [0.2, 0.25) is 10.0 Å². The topological polar surface area (TPSA) is 49.3 Å². The van der Waals surface area contributed by atoms with Gasteiger partial charge < -0.3 is 10.4 Å². The van der Waals surface area contributed by atoms with E-state index in [2.05, 4.69) is 5.32 Å². The van der Waals surface area contributed by atoms with Crippen LogP contribution in [0.5, 0.6) is 0 Å². The first-order chi connectivity index (χ1) is 9.56. The van der Waals surface area contributed by atoms with Crippen molar-refractivity contribution < 1.29 is 9.90 Å². The van der Waals surface area contributed by atoms with Gasteiger partial charge in [0.05, 0.1) is 16.5 Å². The average molecular weight is 310 g/mol. The number of carboxylic acids is 1. The molecule has 2 aromatic carbocycles. The smallest absolute Gasteiger partial charge is 0.307 e. The third-order valence-electron chi connectivity index (χ3n) is 2.86. The van der Waals surface area contributed by atoms with Crippen LogP contribution < -0.4 is 5.32 Å². The maximum atomic E-state index is 10.8. The van der Waals surface area contributed by atoms with Crippen LogP contribution >= 0.6 is 23.2 Å². The van der Waals surface area contributed by atoms with Gasteiger partial charge >= 0.3 is 5.97 Å². The lowest BCUT2D eigenvalue weighted by Gasteiger charge is -2.11. The first kappa shape index (κ1) is 14.7. The van der Waals surface area contributed by atoms with E-state index in [9.17, 15) is 4.79 Å². The highest BCUT2D eigenvalue weighted by molar-refractivity contribution is 6.42. The Hall–Kier alpha value is -1.71. The number of rotatable bonds is 5. The summed E-state index contributed by atoms with van der Waals surface area (Å²) in [7, 11) is 0. The molecule has 0 saturated carbocycles. The van der Waals surface area contributed by atoms with E-state index in [1.165, 1.54) is 0 Å². The number of hydrogen-bond acceptors (Lipinski definition) is 2. The second-order valence-electron chi connectivity index (χ2n) is 4.32. The lowest BCUT2D eigenvalue weighted by molar-refractivity contribution is -0.136. The van der Waals surface area contributed by atoms with Gasteiger partial charge in [-0.15, -0.1) is 0 Å². The van der Waals surface area contributed by atoms with Gasteiger partial charge in [0.15, 0.2) is 0 Å². The van der Waals surface area contributed by atoms with Gasteiger partial charge in [0.2, 0.25) is 0 Å². The number of halogens is 2. The van der Waals surface area contributed by atoms with Crippen LogP contribution in [-0.4, -0.2) is 11.1 Å². The highest BCUT2D eigenvalue weighted by Gasteiger charge is 2.06. The molecular weight excluding hydrogens is 297 g/mol. The number of hydrogen-bond donors (Lipinski definition) is 2. The molecule has 2 N–H and O–H groups in total. The summed E-state index contributed by atoms with van der Waals surface area (Å²) in [5, 5.41) is 13.1. The molecule has 0 heterocycles. The van der Waals surface area contributed by atoms with Crippen molar-refractivity contribution in [3.05, 3.63) is 63.6 Å². The van der Waals surface area contributed by atoms with Crippen molar-refractivity contribution >= 4 is 34.9 Å². The van der Waals surface area contributed by atoms with E-state index in [0.717, 1.165) is 16.8 Å². The fraction of sp³-hybridized carbons (Fsp3) is 0.133. The summed E-state index contributed by atoms with van der Waals surface area (Å²) in [6.07, 6.45) is 0.0131. The van der Waals surface area contributed by atoms with E-state index in [0.29, 0.717) is 16.6 Å². The molecule has 0 aliphatic rings. The summed E-state index contributed by atoms with van der Waals surface area (Å²) in [6, 6.07) is 12.7. The predicted octanol–water partition coefficient (Wildman–Crippen LogP) is 4.23. The number of benzene rings is 2. The third-order valence-corrected chi connectivity index (χ3v) is 3.60. The number of aliphatic carboxylic acids is 1. The lowest BCUT2D eigenvalue weighted by atomic mass is 10.0. The number of anilines is 1. The summed E-state index contributed by atoms with van der Waals surface area (Å²) >= 11 is 11.8. The molecule has 0 atom stereocenters. The Morgan fingerprint density at radius 3 is 2.40 bits per heavy atom. The van der Waals surface area contributed by atoms with Crippen molar-refractivity contribution in [1.82, 2.24) is 0 Å². The predicted molar refractivity (Wildman–Crippen MR) is 81.6 cm³/mol. The largest absolute Gasteiger partial charge is 0.481 e. The van der Waals surface area contributed by atoms with Crippen LogP contribution in [0.3, 0.4) is 0 Å². The van der Waals surface area contributed by atoms with Gasteiger partial charge in [-0.1, -0.05) is 47.5 Å². The SMILES string of the molecule is O=C(O)Cc1ccccc1CNc1ccc(Cl)c(Cl)c1. The van der Waals surface area contributed by atoms with Crippen LogP contribution in [0, 0.1) is 0 Å². The summed E-state index contributed by atoms with van der Waals surface area (Å²) in [6.45, 7) is 0.529. The van der Waals surface area contributed by atoms with Crippen LogP contribution in [0.1, 0.15) is 11.1 Å². The van der Waals surface area contributed by atoms with Crippen LogP contribution in [0.4, 0.5) is 5.69 Å². The molecule has 2 aromatic rings. The molecule has 104 valence electrons. The van der Waals surface area contributed by atoms with Crippen LogP contribution in [-0.2, 0) is 17.8 Å². The fourth-order valence-corrected chi connectivity index (χ4v) is 2.17. The molecule has 20 heavy (non-hydrogen) atoms. The van der Waals surface area contributed by atoms with Gasteiger partial charge in [-0.2, -0.15) is 0 Å². The highest BCUT2D eigenvalue weighted by Crippen LogP contribution is 2.25. The molecular formula is C15H13Cl2NO2. The normalized spacial score (nSPS) is 10.3. The van der Waals surface area contributed by atoms with E-state index < -0.39 is 5.97 Å². The molecule has 0 spiro atoms. The van der Waals surface area contributed by atoms with Gasteiger partial charge in [-0.3, -0.25) is 4.79 Å². The van der Waals surface area contributed by atoms with Crippen molar-refractivity contribution in [1.29, 1.82) is 0 Å². The average Bonchev–Trinajstić information content (AvgIpc) is 2.41. The third kappa shape index (κ3) is 3.89. The minimum Gasteiger partial charge on any atom is -0.481 e. The molecule has 0 saturated heterocycles. The van der Waals surface area contributed by atoms with Crippen molar-refractivity contribution in [2.24, 2.45) is 0 Å². The van der Waals surface area contributed by atoms with Crippen molar-refractivity contribution in [2.75, 3.05) is 5.32 Å². The maximum absolute atomic E-state index is 10.8. The molecule has 0 fully saturated rings. The minimum absolute atomic E-state index is 0.0131. The Kier molecular flexibility index (Phi) is 4.88. The second-order valence-corrected chi connectivity index (χ2v) is 5.14. The van der Waals surface area contributed by atoms with Crippen molar-refractivity contribution in [2.45, 2.75) is 13.0 Å². The van der Waals surface area contributed by atoms with E-state index in [1.54, 1.807) is 12.1 Å². The zero-order valence-corrected chi connectivity index (χ0v) is 12.1. The molecule has 3 nitrogen and oxygen atoms in total. The van der Waals surface area contributed by atoms with Crippen LogP contribution in [0.15, 0.2) is 42.5 Å². The van der Waals surface area contributed by atoms with Crippen molar-refractivity contribution in [3.63, 3.8) is 0 Å². The number of nitrogens with one attached hydrogen (secondary N) is 1. The van der Waals surface area contributed by atoms with E-state index >= 15 is 0 Å². The minimum atomic E-state index is -0.841. The standard InChI is InChI=1S/C15H13Cl2NO2/c16-13-6-5-12(8-14(13)17)18-9-11-4-2-1-3-10(11)7-15(19)20/h1-6,8,18H,7,9H2,(H,19,20). The molecule has 5 heteroatoms. The lowest BCUT2D eigenvalue weighted by Crippen LogP contribution is -2.07. The summed E-state index contributed by atoms with van der Waals surface area (Å²) in [5.41, 5.74) is 2.58. The molecule has 0 unspecified atom stereocenters. The van der Waals surface area contributed by atoms with E-state index in [-0.39, 0.29) is 6.42 Å². The summed E-state index contributed by atoms with van der Waals surface area (Å²) in [5.74, 6) is -0.841. The van der Waals surface area contributed by atoms with Gasteiger partial charge in [0.25, 0.3) is 0 Å². The first-order valence-electron chi connectivity index (χ1n) is 6.04. The maximum Gasteiger partial charge on any atom is 0.307 e. The zero-order chi connectivity index (χ0) is 14.5. The Morgan fingerprint density at radius 1 is 1.05 bits per heavy atom. The van der Waals surface area contributed by atoms with Crippen molar-refractivity contribution in [3.8, 4) is 0 Å². The van der Waals surface area contributed by atoms with Gasteiger partial charge in [-0.25, -0.2) is 0 Å². The Morgan fingerprint density at radius 2 is 1.75 bits per heavy atom. The quantitative estimate of drug-likeness (QED) is 0.869. The monoisotopic (exact) mass is 309 g/mol. The number of carbonyl (C=O) groups is 1. The Balaban J connectivity index is 2.10. The molecule has 0 amide bonds. The zero-order valence-electron chi connectivity index (χ0n) is 10.6. The second kappa shape index (κ2) is 6.64.